The molecule has 5 heteroatoms. The van der Waals surface area contributed by atoms with Gasteiger partial charge in [-0.15, -0.1) is 0 Å². The van der Waals surface area contributed by atoms with Crippen LogP contribution in [-0.4, -0.2) is 37.5 Å². The van der Waals surface area contributed by atoms with Crippen molar-refractivity contribution in [1.29, 1.82) is 0 Å². The van der Waals surface area contributed by atoms with Gasteiger partial charge in [0.05, 0.1) is 0 Å². The molecule has 1 fully saturated rings. The molecule has 0 spiro atoms. The van der Waals surface area contributed by atoms with Gasteiger partial charge in [0.15, 0.2) is 8.32 Å². The van der Waals surface area contributed by atoms with Gasteiger partial charge in [-0.05, 0) is 48.1 Å². The Balaban J connectivity index is 2.33. The van der Waals surface area contributed by atoms with Gasteiger partial charge in [-0.25, -0.2) is 4.79 Å². The summed E-state index contributed by atoms with van der Waals surface area (Å²) < 4.78 is 12.4. The summed E-state index contributed by atoms with van der Waals surface area (Å²) in [7, 11) is -1.93. The second kappa shape index (κ2) is 5.74. The highest BCUT2D eigenvalue weighted by Crippen LogP contribution is 2.47. The Morgan fingerprint density at radius 3 is 2.57 bits per heavy atom. The molecule has 2 aliphatic rings. The van der Waals surface area contributed by atoms with Crippen molar-refractivity contribution in [1.82, 2.24) is 0 Å². The van der Waals surface area contributed by atoms with E-state index in [-0.39, 0.29) is 22.7 Å². The number of hydrogen-bond acceptors (Lipinski definition) is 4. The third-order valence-electron chi connectivity index (χ3n) is 5.22. The Hall–Kier alpha value is -0.263. The molecule has 0 aromatic heterocycles. The fraction of sp³-hybridized carbons (Fsp3) is 0.812. The van der Waals surface area contributed by atoms with E-state index in [2.05, 4.69) is 40.8 Å². The molecule has 2 heterocycles. The van der Waals surface area contributed by atoms with Crippen LogP contribution in [0, 0.1) is 5.92 Å². The quantitative estimate of drug-likeness (QED) is 0.579. The van der Waals surface area contributed by atoms with Crippen LogP contribution in [0.4, 0.5) is 0 Å². The molecule has 0 aromatic carbocycles. The number of carbonyl (C=O) groups is 1. The standard InChI is InChI=1S/C16H28O3SSi/c1-12-11-20-10-9-16(12,13-7-8-14(17)18-13)19-21(5,6)15(2,3)4/h7-8,12-13H,9-11H2,1-6H3/t12-,13+,16+/m1/s1. The molecule has 3 nitrogen and oxygen atoms in total. The van der Waals surface area contributed by atoms with E-state index in [9.17, 15) is 4.79 Å². The molecule has 0 amide bonds. The van der Waals surface area contributed by atoms with Crippen LogP contribution in [0.1, 0.15) is 34.1 Å². The van der Waals surface area contributed by atoms with E-state index in [1.165, 1.54) is 0 Å². The molecule has 0 N–H and O–H groups in total. The molecule has 0 saturated carbocycles. The van der Waals surface area contributed by atoms with Crippen LogP contribution in [0.5, 0.6) is 0 Å². The average Bonchev–Trinajstić information content (AvgIpc) is 2.78. The molecule has 0 unspecified atom stereocenters. The Labute approximate surface area is 134 Å². The maximum atomic E-state index is 11.5. The lowest BCUT2D eigenvalue weighted by atomic mass is 9.82. The summed E-state index contributed by atoms with van der Waals surface area (Å²) in [5, 5.41) is 0.149. The van der Waals surface area contributed by atoms with Gasteiger partial charge >= 0.3 is 5.97 Å². The predicted molar refractivity (Wildman–Crippen MR) is 91.1 cm³/mol. The van der Waals surface area contributed by atoms with Crippen molar-refractivity contribution in [3.05, 3.63) is 12.2 Å². The van der Waals surface area contributed by atoms with E-state index in [0.717, 1.165) is 17.9 Å². The molecule has 0 aliphatic carbocycles. The number of esters is 1. The summed E-state index contributed by atoms with van der Waals surface area (Å²) in [6.45, 7) is 13.6. The van der Waals surface area contributed by atoms with Gasteiger partial charge in [0.2, 0.25) is 0 Å². The van der Waals surface area contributed by atoms with Crippen molar-refractivity contribution >= 4 is 26.0 Å². The number of rotatable bonds is 3. The number of thioether (sulfide) groups is 1. The van der Waals surface area contributed by atoms with Crippen LogP contribution in [0.15, 0.2) is 12.2 Å². The van der Waals surface area contributed by atoms with Gasteiger partial charge in [0.1, 0.15) is 11.7 Å². The van der Waals surface area contributed by atoms with E-state index < -0.39 is 8.32 Å². The first kappa shape index (κ1) is 17.1. The molecular weight excluding hydrogens is 300 g/mol. The summed E-state index contributed by atoms with van der Waals surface area (Å²) in [6.07, 6.45) is 4.18. The van der Waals surface area contributed by atoms with Crippen LogP contribution in [0.3, 0.4) is 0 Å². The van der Waals surface area contributed by atoms with Crippen LogP contribution in [-0.2, 0) is 14.0 Å². The minimum atomic E-state index is -1.93. The van der Waals surface area contributed by atoms with Gasteiger partial charge in [0.25, 0.3) is 0 Å². The third-order valence-corrected chi connectivity index (χ3v) is 11.0. The maximum absolute atomic E-state index is 11.5. The van der Waals surface area contributed by atoms with E-state index >= 15 is 0 Å². The summed E-state index contributed by atoms with van der Waals surface area (Å²) in [5.41, 5.74) is -0.350. The van der Waals surface area contributed by atoms with Crippen LogP contribution in [0.25, 0.3) is 0 Å². The van der Waals surface area contributed by atoms with Crippen molar-refractivity contribution < 1.29 is 14.0 Å². The third kappa shape index (κ3) is 3.25. The van der Waals surface area contributed by atoms with E-state index in [1.807, 2.05) is 17.8 Å². The molecule has 0 aromatic rings. The summed E-state index contributed by atoms with van der Waals surface area (Å²) in [6, 6.07) is 0. The minimum absolute atomic E-state index is 0.149. The highest BCUT2D eigenvalue weighted by Gasteiger charge is 2.53. The Kier molecular flexibility index (Phi) is 4.67. The van der Waals surface area contributed by atoms with E-state index in [0.29, 0.717) is 5.92 Å². The first-order valence-corrected chi connectivity index (χ1v) is 11.8. The largest absolute Gasteiger partial charge is 0.452 e. The highest BCUT2D eigenvalue weighted by molar-refractivity contribution is 7.99. The summed E-state index contributed by atoms with van der Waals surface area (Å²) in [5.74, 6) is 2.28. The van der Waals surface area contributed by atoms with E-state index in [1.54, 1.807) is 6.08 Å². The Morgan fingerprint density at radius 2 is 2.10 bits per heavy atom. The molecule has 2 aliphatic heterocycles. The number of ether oxygens (including phenoxy) is 1. The second-order valence-corrected chi connectivity index (χ2v) is 13.6. The predicted octanol–water partition coefficient (Wildman–Crippen LogP) is 4.00. The van der Waals surface area contributed by atoms with Crippen LogP contribution in [0.2, 0.25) is 18.1 Å². The number of cyclic esters (lactones) is 1. The zero-order chi connectivity index (χ0) is 15.9. The maximum Gasteiger partial charge on any atom is 0.331 e. The normalized spacial score (nSPS) is 34.1. The molecule has 21 heavy (non-hydrogen) atoms. The lowest BCUT2D eigenvalue weighted by Gasteiger charge is -2.51. The lowest BCUT2D eigenvalue weighted by Crippen LogP contribution is -2.60. The van der Waals surface area contributed by atoms with Crippen LogP contribution < -0.4 is 0 Å². The van der Waals surface area contributed by atoms with Gasteiger partial charge in [-0.1, -0.05) is 27.7 Å². The van der Waals surface area contributed by atoms with Crippen molar-refractivity contribution in [2.24, 2.45) is 5.92 Å². The first-order valence-electron chi connectivity index (χ1n) is 7.75. The lowest BCUT2D eigenvalue weighted by molar-refractivity contribution is -0.153. The molecule has 2 rings (SSSR count). The monoisotopic (exact) mass is 328 g/mol. The van der Waals surface area contributed by atoms with Crippen molar-refractivity contribution in [3.8, 4) is 0 Å². The number of hydrogen-bond donors (Lipinski definition) is 0. The number of carbonyl (C=O) groups excluding carboxylic acids is 1. The van der Waals surface area contributed by atoms with Gasteiger partial charge < -0.3 is 9.16 Å². The fourth-order valence-electron chi connectivity index (χ4n) is 2.77. The minimum Gasteiger partial charge on any atom is -0.452 e. The first-order chi connectivity index (χ1) is 9.58. The Morgan fingerprint density at radius 1 is 1.43 bits per heavy atom. The van der Waals surface area contributed by atoms with Gasteiger partial charge in [-0.3, -0.25) is 0 Å². The average molecular weight is 329 g/mol. The van der Waals surface area contributed by atoms with Crippen LogP contribution >= 0.6 is 11.8 Å². The molecule has 120 valence electrons. The smallest absolute Gasteiger partial charge is 0.331 e. The van der Waals surface area contributed by atoms with Crippen molar-refractivity contribution in [2.75, 3.05) is 11.5 Å². The highest BCUT2D eigenvalue weighted by atomic mass is 32.2. The zero-order valence-corrected chi connectivity index (χ0v) is 15.9. The zero-order valence-electron chi connectivity index (χ0n) is 14.1. The second-order valence-electron chi connectivity index (χ2n) is 7.76. The Bertz CT molecular complexity index is 441. The summed E-state index contributed by atoms with van der Waals surface area (Å²) >= 11 is 1.97. The fourth-order valence-corrected chi connectivity index (χ4v) is 5.71. The topological polar surface area (TPSA) is 35.5 Å². The summed E-state index contributed by atoms with van der Waals surface area (Å²) in [4.78, 5) is 11.5. The molecular formula is C16H28O3SSi. The van der Waals surface area contributed by atoms with Crippen molar-refractivity contribution in [2.45, 2.75) is 64.0 Å². The molecule has 0 radical (unpaired) electrons. The van der Waals surface area contributed by atoms with E-state index in [4.69, 9.17) is 9.16 Å². The van der Waals surface area contributed by atoms with Crippen molar-refractivity contribution in [3.63, 3.8) is 0 Å². The molecule has 1 saturated heterocycles. The molecule has 3 atom stereocenters. The van der Waals surface area contributed by atoms with Gasteiger partial charge in [0, 0.05) is 6.08 Å². The van der Waals surface area contributed by atoms with Gasteiger partial charge in [-0.2, -0.15) is 11.8 Å². The molecule has 0 bridgehead atoms. The SMILES string of the molecule is C[C@@H]1CSCC[C@@]1(O[Si](C)(C)C(C)(C)C)[C@@H]1C=CC(=O)O1.